The maximum atomic E-state index is 12.7. The van der Waals surface area contributed by atoms with Gasteiger partial charge in [-0.15, -0.1) is 0 Å². The summed E-state index contributed by atoms with van der Waals surface area (Å²) in [4.78, 5) is 26.9. The monoisotopic (exact) mass is 429 g/mol. The van der Waals surface area contributed by atoms with Gasteiger partial charge in [-0.05, 0) is 42.2 Å². The molecule has 1 aromatic rings. The van der Waals surface area contributed by atoms with Crippen LogP contribution in [0.25, 0.3) is 0 Å². The Morgan fingerprint density at radius 2 is 1.65 bits per heavy atom. The van der Waals surface area contributed by atoms with E-state index in [1.807, 2.05) is 29.2 Å². The highest BCUT2D eigenvalue weighted by Gasteiger charge is 2.29. The first-order valence-corrected chi connectivity index (χ1v) is 11.9. The Balaban J connectivity index is 1.38. The number of aliphatic hydroxyl groups is 1. The van der Waals surface area contributed by atoms with Gasteiger partial charge in [0, 0.05) is 31.6 Å². The molecule has 0 radical (unpaired) electrons. The number of carbonyl (C=O) groups is 2. The number of nitrogens with one attached hydrogen (secondary N) is 2. The first-order valence-electron chi connectivity index (χ1n) is 11.9. The van der Waals surface area contributed by atoms with Gasteiger partial charge in [-0.25, -0.2) is 4.79 Å². The predicted molar refractivity (Wildman–Crippen MR) is 123 cm³/mol. The Hall–Kier alpha value is -2.08. The van der Waals surface area contributed by atoms with Crippen LogP contribution in [-0.4, -0.2) is 47.6 Å². The molecule has 1 aliphatic carbocycles. The van der Waals surface area contributed by atoms with Crippen molar-refractivity contribution in [2.75, 3.05) is 19.6 Å². The van der Waals surface area contributed by atoms with Gasteiger partial charge in [-0.2, -0.15) is 0 Å². The minimum absolute atomic E-state index is 0.0677. The van der Waals surface area contributed by atoms with Crippen LogP contribution in [-0.2, 0) is 10.2 Å². The van der Waals surface area contributed by atoms with Gasteiger partial charge in [0.25, 0.3) is 0 Å². The third-order valence-electron chi connectivity index (χ3n) is 6.71. The molecule has 0 aromatic heterocycles. The summed E-state index contributed by atoms with van der Waals surface area (Å²) in [6.45, 7) is 8.05. The third-order valence-corrected chi connectivity index (χ3v) is 6.71. The van der Waals surface area contributed by atoms with Gasteiger partial charge in [0.1, 0.15) is 0 Å². The fourth-order valence-corrected chi connectivity index (χ4v) is 4.60. The van der Waals surface area contributed by atoms with E-state index in [0.29, 0.717) is 19.0 Å². The first kappa shape index (κ1) is 23.6. The molecule has 1 saturated heterocycles. The van der Waals surface area contributed by atoms with Gasteiger partial charge < -0.3 is 20.6 Å². The zero-order valence-corrected chi connectivity index (χ0v) is 19.3. The molecule has 1 aromatic carbocycles. The van der Waals surface area contributed by atoms with E-state index in [9.17, 15) is 14.7 Å². The van der Waals surface area contributed by atoms with Gasteiger partial charge in [0.15, 0.2) is 0 Å². The summed E-state index contributed by atoms with van der Waals surface area (Å²) in [5.41, 5.74) is 2.07. The van der Waals surface area contributed by atoms with Crippen LogP contribution in [0.15, 0.2) is 24.3 Å². The standard InChI is InChI=1S/C25H39N3O3/c1-25(2,3)20-11-9-18(10-12-20)22(29)17-26-24(31)27-21-13-15-28(16-14-21)23(30)19-7-5-4-6-8-19/h9-12,19,21-22,29H,4-8,13-17H2,1-3H3,(H2,26,27,31). The topological polar surface area (TPSA) is 81.7 Å². The fourth-order valence-electron chi connectivity index (χ4n) is 4.60. The molecule has 1 unspecified atom stereocenters. The molecule has 3 amide bonds. The lowest BCUT2D eigenvalue weighted by Crippen LogP contribution is -2.50. The summed E-state index contributed by atoms with van der Waals surface area (Å²) in [6.07, 6.45) is 6.46. The molecule has 6 nitrogen and oxygen atoms in total. The van der Waals surface area contributed by atoms with E-state index in [1.165, 1.54) is 24.8 Å². The summed E-state index contributed by atoms with van der Waals surface area (Å²) in [6, 6.07) is 7.71. The van der Waals surface area contributed by atoms with Gasteiger partial charge in [-0.3, -0.25) is 4.79 Å². The first-order chi connectivity index (χ1) is 14.7. The molecule has 0 bridgehead atoms. The number of hydrogen-bond acceptors (Lipinski definition) is 3. The summed E-state index contributed by atoms with van der Waals surface area (Å²) in [7, 11) is 0. The highest BCUT2D eigenvalue weighted by molar-refractivity contribution is 5.79. The maximum absolute atomic E-state index is 12.7. The largest absolute Gasteiger partial charge is 0.387 e. The predicted octanol–water partition coefficient (Wildman–Crippen LogP) is 3.89. The van der Waals surface area contributed by atoms with Crippen molar-refractivity contribution in [2.45, 2.75) is 83.3 Å². The van der Waals surface area contributed by atoms with Crippen molar-refractivity contribution in [3.63, 3.8) is 0 Å². The van der Waals surface area contributed by atoms with Crippen LogP contribution in [0, 0.1) is 5.92 Å². The molecule has 1 saturated carbocycles. The van der Waals surface area contributed by atoms with E-state index in [-0.39, 0.29) is 30.0 Å². The molecule has 31 heavy (non-hydrogen) atoms. The third kappa shape index (κ3) is 6.70. The van der Waals surface area contributed by atoms with E-state index < -0.39 is 6.10 Å². The van der Waals surface area contributed by atoms with Crippen LogP contribution < -0.4 is 10.6 Å². The van der Waals surface area contributed by atoms with E-state index in [2.05, 4.69) is 31.4 Å². The zero-order valence-electron chi connectivity index (χ0n) is 19.3. The second kappa shape index (κ2) is 10.5. The van der Waals surface area contributed by atoms with E-state index >= 15 is 0 Å². The number of likely N-dealkylation sites (tertiary alicyclic amines) is 1. The minimum Gasteiger partial charge on any atom is -0.387 e. The summed E-state index contributed by atoms with van der Waals surface area (Å²) in [5.74, 6) is 0.517. The molecule has 172 valence electrons. The summed E-state index contributed by atoms with van der Waals surface area (Å²) < 4.78 is 0. The smallest absolute Gasteiger partial charge is 0.315 e. The molecule has 1 heterocycles. The van der Waals surface area contributed by atoms with E-state index in [4.69, 9.17) is 0 Å². The second-order valence-corrected chi connectivity index (χ2v) is 10.2. The molecular formula is C25H39N3O3. The lowest BCUT2D eigenvalue weighted by atomic mass is 9.86. The number of carbonyl (C=O) groups excluding carboxylic acids is 2. The molecule has 3 rings (SSSR count). The molecule has 2 aliphatic rings. The Labute approximate surface area is 186 Å². The van der Waals surface area contributed by atoms with Gasteiger partial charge >= 0.3 is 6.03 Å². The summed E-state index contributed by atoms with van der Waals surface area (Å²) in [5, 5.41) is 16.2. The highest BCUT2D eigenvalue weighted by Crippen LogP contribution is 2.27. The lowest BCUT2D eigenvalue weighted by Gasteiger charge is -2.35. The van der Waals surface area contributed by atoms with Crippen molar-refractivity contribution in [3.05, 3.63) is 35.4 Å². The molecule has 3 N–H and O–H groups in total. The number of hydrogen-bond donors (Lipinski definition) is 3. The Morgan fingerprint density at radius 1 is 1.03 bits per heavy atom. The van der Waals surface area contributed by atoms with Gasteiger partial charge in [-0.1, -0.05) is 64.3 Å². The number of aliphatic hydroxyl groups excluding tert-OH is 1. The normalized spacial score (nSPS) is 19.7. The van der Waals surface area contributed by atoms with Crippen LogP contribution in [0.4, 0.5) is 4.79 Å². The van der Waals surface area contributed by atoms with Gasteiger partial charge in [0.2, 0.25) is 5.91 Å². The highest BCUT2D eigenvalue weighted by atomic mass is 16.3. The van der Waals surface area contributed by atoms with E-state index in [1.54, 1.807) is 0 Å². The van der Waals surface area contributed by atoms with Crippen molar-refractivity contribution in [3.8, 4) is 0 Å². The lowest BCUT2D eigenvalue weighted by molar-refractivity contribution is -0.137. The van der Waals surface area contributed by atoms with Crippen molar-refractivity contribution >= 4 is 11.9 Å². The molecule has 2 fully saturated rings. The molecular weight excluding hydrogens is 390 g/mol. The number of rotatable bonds is 5. The Morgan fingerprint density at radius 3 is 2.23 bits per heavy atom. The van der Waals surface area contributed by atoms with Crippen LogP contribution in [0.5, 0.6) is 0 Å². The molecule has 6 heteroatoms. The average Bonchev–Trinajstić information content (AvgIpc) is 2.77. The quantitative estimate of drug-likeness (QED) is 0.664. The number of benzene rings is 1. The van der Waals surface area contributed by atoms with Crippen LogP contribution in [0.2, 0.25) is 0 Å². The van der Waals surface area contributed by atoms with Crippen molar-refractivity contribution in [2.24, 2.45) is 5.92 Å². The van der Waals surface area contributed by atoms with E-state index in [0.717, 1.165) is 31.2 Å². The van der Waals surface area contributed by atoms with Crippen LogP contribution in [0.3, 0.4) is 0 Å². The molecule has 1 atom stereocenters. The number of nitrogens with zero attached hydrogens (tertiary/aromatic N) is 1. The number of piperidine rings is 1. The number of urea groups is 1. The van der Waals surface area contributed by atoms with Crippen molar-refractivity contribution in [1.29, 1.82) is 0 Å². The fraction of sp³-hybridized carbons (Fsp3) is 0.680. The number of amides is 3. The van der Waals surface area contributed by atoms with Crippen molar-refractivity contribution in [1.82, 2.24) is 15.5 Å². The maximum Gasteiger partial charge on any atom is 0.315 e. The molecule has 1 aliphatic heterocycles. The second-order valence-electron chi connectivity index (χ2n) is 10.2. The Bertz CT molecular complexity index is 727. The zero-order chi connectivity index (χ0) is 22.4. The van der Waals surface area contributed by atoms with Crippen LogP contribution >= 0.6 is 0 Å². The minimum atomic E-state index is -0.741. The Kier molecular flexibility index (Phi) is 7.98. The average molecular weight is 430 g/mol. The molecule has 0 spiro atoms. The SMILES string of the molecule is CC(C)(C)c1ccc(C(O)CNC(=O)NC2CCN(C(=O)C3CCCCC3)CC2)cc1. The van der Waals surface area contributed by atoms with Crippen molar-refractivity contribution < 1.29 is 14.7 Å². The van der Waals surface area contributed by atoms with Crippen LogP contribution in [0.1, 0.15) is 82.9 Å². The van der Waals surface area contributed by atoms with Gasteiger partial charge in [0.05, 0.1) is 6.10 Å². The summed E-state index contributed by atoms with van der Waals surface area (Å²) >= 11 is 0.